The van der Waals surface area contributed by atoms with Gasteiger partial charge < -0.3 is 15.5 Å². The van der Waals surface area contributed by atoms with Gasteiger partial charge in [0, 0.05) is 19.6 Å². The third-order valence-electron chi connectivity index (χ3n) is 4.39. The minimum absolute atomic E-state index is 0.00453. The summed E-state index contributed by atoms with van der Waals surface area (Å²) in [7, 11) is 1.83. The van der Waals surface area contributed by atoms with Crippen molar-refractivity contribution in [3.63, 3.8) is 0 Å². The van der Waals surface area contributed by atoms with E-state index in [9.17, 15) is 9.59 Å². The second-order valence-corrected chi connectivity index (χ2v) is 6.55. The summed E-state index contributed by atoms with van der Waals surface area (Å²) in [5.41, 5.74) is 0.952. The van der Waals surface area contributed by atoms with Crippen molar-refractivity contribution in [3.05, 3.63) is 35.9 Å². The van der Waals surface area contributed by atoms with Gasteiger partial charge in [0.15, 0.2) is 0 Å². The molecule has 1 aliphatic heterocycles. The molecular weight excluding hydrogens is 290 g/mol. The summed E-state index contributed by atoms with van der Waals surface area (Å²) in [6, 6.07) is 9.33. The van der Waals surface area contributed by atoms with Crippen LogP contribution in [0.5, 0.6) is 0 Å². The van der Waals surface area contributed by atoms with E-state index in [0.717, 1.165) is 25.1 Å². The Morgan fingerprint density at radius 3 is 2.57 bits per heavy atom. The zero-order valence-electron chi connectivity index (χ0n) is 14.2. The molecule has 1 saturated heterocycles. The number of nitrogens with zero attached hydrogens (tertiary/aromatic N) is 1. The molecule has 2 amide bonds. The zero-order chi connectivity index (χ0) is 16.8. The molecule has 1 aliphatic rings. The maximum Gasteiger partial charge on any atom is 0.245 e. The van der Waals surface area contributed by atoms with Crippen molar-refractivity contribution in [2.24, 2.45) is 5.92 Å². The summed E-state index contributed by atoms with van der Waals surface area (Å²) in [5.74, 6) is -0.0599. The van der Waals surface area contributed by atoms with E-state index >= 15 is 0 Å². The number of benzene rings is 1. The van der Waals surface area contributed by atoms with Crippen LogP contribution >= 0.6 is 0 Å². The number of hydrogen-bond donors (Lipinski definition) is 2. The lowest BCUT2D eigenvalue weighted by molar-refractivity contribution is -0.138. The third kappa shape index (κ3) is 4.79. The SMILES string of the molecule is CC(C)C(NC(=O)Cc1ccccc1)C(=O)N(C)C1CCNC1. The highest BCUT2D eigenvalue weighted by Gasteiger charge is 2.31. The Hall–Kier alpha value is -1.88. The summed E-state index contributed by atoms with van der Waals surface area (Å²) >= 11 is 0. The Morgan fingerprint density at radius 2 is 2.00 bits per heavy atom. The van der Waals surface area contributed by atoms with Crippen molar-refractivity contribution in [1.82, 2.24) is 15.5 Å². The van der Waals surface area contributed by atoms with Crippen molar-refractivity contribution in [2.75, 3.05) is 20.1 Å². The van der Waals surface area contributed by atoms with Crippen molar-refractivity contribution in [2.45, 2.75) is 38.8 Å². The average molecular weight is 317 g/mol. The molecule has 2 atom stereocenters. The minimum atomic E-state index is -0.475. The van der Waals surface area contributed by atoms with Crippen LogP contribution < -0.4 is 10.6 Å². The largest absolute Gasteiger partial charge is 0.344 e. The predicted octanol–water partition coefficient (Wildman–Crippen LogP) is 1.19. The number of carbonyl (C=O) groups excluding carboxylic acids is 2. The summed E-state index contributed by atoms with van der Waals surface area (Å²) in [6.45, 7) is 5.69. The molecule has 0 radical (unpaired) electrons. The number of carbonyl (C=O) groups is 2. The fourth-order valence-corrected chi connectivity index (χ4v) is 2.89. The summed E-state index contributed by atoms with van der Waals surface area (Å²) in [6.07, 6.45) is 1.26. The Labute approximate surface area is 138 Å². The normalized spacial score (nSPS) is 18.7. The molecule has 126 valence electrons. The summed E-state index contributed by atoms with van der Waals surface area (Å²) in [4.78, 5) is 26.8. The first-order chi connectivity index (χ1) is 11.0. The Kier molecular flexibility index (Phi) is 6.16. The van der Waals surface area contributed by atoms with Crippen LogP contribution in [0.2, 0.25) is 0 Å². The first-order valence-electron chi connectivity index (χ1n) is 8.29. The van der Waals surface area contributed by atoms with Gasteiger partial charge in [0.05, 0.1) is 6.42 Å². The van der Waals surface area contributed by atoms with Crippen LogP contribution in [-0.4, -0.2) is 48.9 Å². The van der Waals surface area contributed by atoms with Crippen LogP contribution in [0.3, 0.4) is 0 Å². The maximum atomic E-state index is 12.7. The van der Waals surface area contributed by atoms with E-state index in [1.807, 2.05) is 51.2 Å². The molecule has 1 aromatic rings. The predicted molar refractivity (Wildman–Crippen MR) is 91.0 cm³/mol. The van der Waals surface area contributed by atoms with Gasteiger partial charge in [0.1, 0.15) is 6.04 Å². The molecule has 0 bridgehead atoms. The van der Waals surface area contributed by atoms with Crippen LogP contribution in [0, 0.1) is 5.92 Å². The second-order valence-electron chi connectivity index (χ2n) is 6.55. The number of amides is 2. The van der Waals surface area contributed by atoms with Gasteiger partial charge in [0.2, 0.25) is 11.8 Å². The van der Waals surface area contributed by atoms with Gasteiger partial charge >= 0.3 is 0 Å². The fraction of sp³-hybridized carbons (Fsp3) is 0.556. The molecule has 2 N–H and O–H groups in total. The molecule has 23 heavy (non-hydrogen) atoms. The van der Waals surface area contributed by atoms with E-state index in [1.54, 1.807) is 4.90 Å². The highest BCUT2D eigenvalue weighted by molar-refractivity contribution is 5.88. The molecule has 1 aromatic carbocycles. The minimum Gasteiger partial charge on any atom is -0.344 e. The van der Waals surface area contributed by atoms with E-state index < -0.39 is 6.04 Å². The quantitative estimate of drug-likeness (QED) is 0.828. The topological polar surface area (TPSA) is 61.4 Å². The number of likely N-dealkylation sites (N-methyl/N-ethyl adjacent to an activating group) is 1. The molecule has 0 aliphatic carbocycles. The van der Waals surface area contributed by atoms with Crippen molar-refractivity contribution < 1.29 is 9.59 Å². The molecule has 0 spiro atoms. The van der Waals surface area contributed by atoms with Crippen molar-refractivity contribution >= 4 is 11.8 Å². The van der Waals surface area contributed by atoms with Crippen LogP contribution in [0.4, 0.5) is 0 Å². The molecule has 5 nitrogen and oxygen atoms in total. The van der Waals surface area contributed by atoms with E-state index in [2.05, 4.69) is 10.6 Å². The second kappa shape index (κ2) is 8.11. The molecular formula is C18H27N3O2. The first-order valence-corrected chi connectivity index (χ1v) is 8.29. The van der Waals surface area contributed by atoms with Gasteiger partial charge in [-0.3, -0.25) is 9.59 Å². The first kappa shape index (κ1) is 17.5. The van der Waals surface area contributed by atoms with Gasteiger partial charge in [-0.2, -0.15) is 0 Å². The van der Waals surface area contributed by atoms with Gasteiger partial charge in [-0.15, -0.1) is 0 Å². The number of rotatable bonds is 6. The standard InChI is InChI=1S/C18H27N3O2/c1-13(2)17(18(23)21(3)15-9-10-19-12-15)20-16(22)11-14-7-5-4-6-8-14/h4-8,13,15,17,19H,9-12H2,1-3H3,(H,20,22). The van der Waals surface area contributed by atoms with Crippen LogP contribution in [0.1, 0.15) is 25.8 Å². The lowest BCUT2D eigenvalue weighted by atomic mass is 10.0. The summed E-state index contributed by atoms with van der Waals surface area (Å²) in [5, 5.41) is 6.19. The average Bonchev–Trinajstić information content (AvgIpc) is 3.06. The maximum absolute atomic E-state index is 12.7. The fourth-order valence-electron chi connectivity index (χ4n) is 2.89. The van der Waals surface area contributed by atoms with E-state index in [4.69, 9.17) is 0 Å². The Morgan fingerprint density at radius 1 is 1.30 bits per heavy atom. The molecule has 1 fully saturated rings. The highest BCUT2D eigenvalue weighted by atomic mass is 16.2. The molecule has 2 unspecified atom stereocenters. The van der Waals surface area contributed by atoms with Crippen LogP contribution in [0.25, 0.3) is 0 Å². The Balaban J connectivity index is 1.97. The third-order valence-corrected chi connectivity index (χ3v) is 4.39. The smallest absolute Gasteiger partial charge is 0.245 e. The van der Waals surface area contributed by atoms with Gasteiger partial charge in [-0.25, -0.2) is 0 Å². The van der Waals surface area contributed by atoms with E-state index in [-0.39, 0.29) is 23.8 Å². The van der Waals surface area contributed by atoms with Crippen LogP contribution in [-0.2, 0) is 16.0 Å². The molecule has 5 heteroatoms. The summed E-state index contributed by atoms with van der Waals surface area (Å²) < 4.78 is 0. The Bertz CT molecular complexity index is 524. The lowest BCUT2D eigenvalue weighted by Crippen LogP contribution is -2.53. The number of hydrogen-bond acceptors (Lipinski definition) is 3. The van der Waals surface area contributed by atoms with E-state index in [0.29, 0.717) is 6.42 Å². The van der Waals surface area contributed by atoms with Crippen molar-refractivity contribution in [3.8, 4) is 0 Å². The molecule has 1 heterocycles. The molecule has 2 rings (SSSR count). The highest BCUT2D eigenvalue weighted by Crippen LogP contribution is 2.12. The van der Waals surface area contributed by atoms with E-state index in [1.165, 1.54) is 0 Å². The monoisotopic (exact) mass is 317 g/mol. The molecule has 0 aromatic heterocycles. The van der Waals surface area contributed by atoms with Gasteiger partial charge in [-0.05, 0) is 24.4 Å². The number of nitrogens with one attached hydrogen (secondary N) is 2. The molecule has 0 saturated carbocycles. The van der Waals surface area contributed by atoms with Crippen molar-refractivity contribution in [1.29, 1.82) is 0 Å². The van der Waals surface area contributed by atoms with Gasteiger partial charge in [-0.1, -0.05) is 44.2 Å². The van der Waals surface area contributed by atoms with Crippen LogP contribution in [0.15, 0.2) is 30.3 Å². The lowest BCUT2D eigenvalue weighted by Gasteiger charge is -2.30. The van der Waals surface area contributed by atoms with Gasteiger partial charge in [0.25, 0.3) is 0 Å². The zero-order valence-corrected chi connectivity index (χ0v) is 14.2.